The highest BCUT2D eigenvalue weighted by Gasteiger charge is 2.17. The van der Waals surface area contributed by atoms with Crippen molar-refractivity contribution in [2.24, 2.45) is 4.99 Å². The molecular formula is C15H25N3. The summed E-state index contributed by atoms with van der Waals surface area (Å²) in [6.45, 7) is 7.85. The summed E-state index contributed by atoms with van der Waals surface area (Å²) in [7, 11) is 0. The van der Waals surface area contributed by atoms with Crippen molar-refractivity contribution in [1.82, 2.24) is 9.80 Å². The summed E-state index contributed by atoms with van der Waals surface area (Å²) in [4.78, 5) is 9.63. The second-order valence-corrected chi connectivity index (χ2v) is 5.03. The minimum Gasteiger partial charge on any atom is -0.359 e. The molecule has 3 nitrogen and oxygen atoms in total. The molecule has 0 unspecified atom stereocenters. The lowest BCUT2D eigenvalue weighted by atomic mass is 10.2. The van der Waals surface area contributed by atoms with E-state index in [0.29, 0.717) is 0 Å². The van der Waals surface area contributed by atoms with Crippen molar-refractivity contribution in [2.75, 3.05) is 32.7 Å². The van der Waals surface area contributed by atoms with Gasteiger partial charge < -0.3 is 4.90 Å². The zero-order chi connectivity index (χ0) is 12.6. The fourth-order valence-electron chi connectivity index (χ4n) is 2.56. The summed E-state index contributed by atoms with van der Waals surface area (Å²) in [6.07, 6.45) is 13.4. The molecule has 0 atom stereocenters. The molecule has 3 heteroatoms. The SMILES string of the molecule is C/C=C\CN1CCCN(C2=NC=CCCC2)CC1. The van der Waals surface area contributed by atoms with Gasteiger partial charge in [0.25, 0.3) is 0 Å². The van der Waals surface area contributed by atoms with Gasteiger partial charge in [-0.2, -0.15) is 0 Å². The maximum absolute atomic E-state index is 4.61. The van der Waals surface area contributed by atoms with Crippen LogP contribution in [0.25, 0.3) is 0 Å². The maximum atomic E-state index is 4.61. The predicted octanol–water partition coefficient (Wildman–Crippen LogP) is 2.67. The molecule has 0 spiro atoms. The van der Waals surface area contributed by atoms with E-state index in [9.17, 15) is 0 Å². The Labute approximate surface area is 111 Å². The third-order valence-corrected chi connectivity index (χ3v) is 3.65. The maximum Gasteiger partial charge on any atom is 0.104 e. The minimum atomic E-state index is 1.09. The quantitative estimate of drug-likeness (QED) is 0.699. The average molecular weight is 247 g/mol. The molecule has 0 radical (unpaired) electrons. The smallest absolute Gasteiger partial charge is 0.104 e. The van der Waals surface area contributed by atoms with E-state index in [-0.39, 0.29) is 0 Å². The van der Waals surface area contributed by atoms with Gasteiger partial charge in [-0.25, -0.2) is 4.99 Å². The van der Waals surface area contributed by atoms with E-state index in [2.05, 4.69) is 39.9 Å². The van der Waals surface area contributed by atoms with Crippen LogP contribution < -0.4 is 0 Å². The summed E-state index contributed by atoms with van der Waals surface area (Å²) < 4.78 is 0. The topological polar surface area (TPSA) is 18.8 Å². The Morgan fingerprint density at radius 2 is 2.17 bits per heavy atom. The molecule has 18 heavy (non-hydrogen) atoms. The van der Waals surface area contributed by atoms with E-state index in [1.54, 1.807) is 0 Å². The predicted molar refractivity (Wildman–Crippen MR) is 77.9 cm³/mol. The van der Waals surface area contributed by atoms with Crippen LogP contribution in [0.2, 0.25) is 0 Å². The van der Waals surface area contributed by atoms with E-state index in [4.69, 9.17) is 0 Å². The Kier molecular flexibility index (Phi) is 5.46. The van der Waals surface area contributed by atoms with Crippen LogP contribution in [0.1, 0.15) is 32.6 Å². The van der Waals surface area contributed by atoms with E-state index in [1.165, 1.54) is 38.2 Å². The minimum absolute atomic E-state index is 1.09. The molecule has 0 bridgehead atoms. The van der Waals surface area contributed by atoms with E-state index in [1.807, 2.05) is 6.20 Å². The third-order valence-electron chi connectivity index (χ3n) is 3.65. The number of hydrogen-bond donors (Lipinski definition) is 0. The first-order valence-electron chi connectivity index (χ1n) is 7.20. The normalized spacial score (nSPS) is 22.9. The van der Waals surface area contributed by atoms with Crippen LogP contribution in [0.3, 0.4) is 0 Å². The molecule has 2 heterocycles. The molecule has 0 aromatic carbocycles. The van der Waals surface area contributed by atoms with Gasteiger partial charge in [0.1, 0.15) is 5.84 Å². The number of allylic oxidation sites excluding steroid dienone is 2. The molecule has 0 aromatic rings. The highest BCUT2D eigenvalue weighted by molar-refractivity contribution is 5.83. The summed E-state index contributed by atoms with van der Waals surface area (Å²) in [6, 6.07) is 0. The monoisotopic (exact) mass is 247 g/mol. The number of rotatable bonds is 2. The highest BCUT2D eigenvalue weighted by atomic mass is 15.2. The molecule has 0 amide bonds. The van der Waals surface area contributed by atoms with Crippen LogP contribution in [-0.2, 0) is 0 Å². The van der Waals surface area contributed by atoms with Gasteiger partial charge >= 0.3 is 0 Å². The molecule has 0 saturated carbocycles. The van der Waals surface area contributed by atoms with Crippen molar-refractivity contribution in [2.45, 2.75) is 32.6 Å². The van der Waals surface area contributed by atoms with Crippen molar-refractivity contribution in [3.63, 3.8) is 0 Å². The molecule has 2 rings (SSSR count). The molecule has 0 aromatic heterocycles. The van der Waals surface area contributed by atoms with E-state index in [0.717, 1.165) is 26.1 Å². The first-order chi connectivity index (χ1) is 8.90. The number of amidine groups is 1. The largest absolute Gasteiger partial charge is 0.359 e. The molecular weight excluding hydrogens is 222 g/mol. The first-order valence-corrected chi connectivity index (χ1v) is 7.20. The zero-order valence-corrected chi connectivity index (χ0v) is 11.5. The van der Waals surface area contributed by atoms with Crippen LogP contribution >= 0.6 is 0 Å². The number of aliphatic imine (C=N–C) groups is 1. The molecule has 2 aliphatic rings. The Bertz CT molecular complexity index is 331. The first kappa shape index (κ1) is 13.3. The Morgan fingerprint density at radius 1 is 1.22 bits per heavy atom. The lowest BCUT2D eigenvalue weighted by Crippen LogP contribution is -2.35. The second-order valence-electron chi connectivity index (χ2n) is 5.03. The van der Waals surface area contributed by atoms with Crippen LogP contribution in [0.5, 0.6) is 0 Å². The van der Waals surface area contributed by atoms with Crippen molar-refractivity contribution in [1.29, 1.82) is 0 Å². The van der Waals surface area contributed by atoms with Gasteiger partial charge in [0.05, 0.1) is 0 Å². The Balaban J connectivity index is 1.88. The molecule has 0 aliphatic carbocycles. The van der Waals surface area contributed by atoms with Crippen LogP contribution in [0.4, 0.5) is 0 Å². The summed E-state index contributed by atoms with van der Waals surface area (Å²) in [5.41, 5.74) is 0. The lowest BCUT2D eigenvalue weighted by molar-refractivity contribution is 0.314. The van der Waals surface area contributed by atoms with Crippen LogP contribution in [0.15, 0.2) is 29.4 Å². The van der Waals surface area contributed by atoms with Gasteiger partial charge in [-0.15, -0.1) is 0 Å². The van der Waals surface area contributed by atoms with Crippen molar-refractivity contribution in [3.8, 4) is 0 Å². The highest BCUT2D eigenvalue weighted by Crippen LogP contribution is 2.11. The van der Waals surface area contributed by atoms with E-state index < -0.39 is 0 Å². The number of nitrogens with zero attached hydrogens (tertiary/aromatic N) is 3. The van der Waals surface area contributed by atoms with Crippen molar-refractivity contribution >= 4 is 5.84 Å². The van der Waals surface area contributed by atoms with Gasteiger partial charge in [-0.3, -0.25) is 4.90 Å². The second kappa shape index (κ2) is 7.37. The molecule has 0 N–H and O–H groups in total. The van der Waals surface area contributed by atoms with Gasteiger partial charge in [-0.1, -0.05) is 18.2 Å². The molecule has 1 fully saturated rings. The van der Waals surface area contributed by atoms with E-state index >= 15 is 0 Å². The third kappa shape index (κ3) is 3.98. The Morgan fingerprint density at radius 3 is 3.06 bits per heavy atom. The van der Waals surface area contributed by atoms with Gasteiger partial charge in [0.2, 0.25) is 0 Å². The summed E-state index contributed by atoms with van der Waals surface area (Å²) in [5.74, 6) is 1.30. The van der Waals surface area contributed by atoms with Gasteiger partial charge in [-0.05, 0) is 26.2 Å². The Hall–Kier alpha value is -1.09. The fraction of sp³-hybridized carbons (Fsp3) is 0.667. The van der Waals surface area contributed by atoms with Crippen molar-refractivity contribution in [3.05, 3.63) is 24.4 Å². The standard InChI is InChI=1S/C15H25N3/c1-2-3-10-17-11-7-12-18(14-13-17)15-8-5-4-6-9-16-15/h2-3,6,9H,4-5,7-8,10-14H2,1H3/b3-2-. The number of hydrogen-bond acceptors (Lipinski definition) is 3. The fourth-order valence-corrected chi connectivity index (χ4v) is 2.56. The molecule has 100 valence electrons. The van der Waals surface area contributed by atoms with Gasteiger partial charge in [0, 0.05) is 45.3 Å². The lowest BCUT2D eigenvalue weighted by Gasteiger charge is -2.24. The summed E-state index contributed by atoms with van der Waals surface area (Å²) in [5, 5.41) is 0. The summed E-state index contributed by atoms with van der Waals surface area (Å²) >= 11 is 0. The average Bonchev–Trinajstić information content (AvgIpc) is 2.78. The van der Waals surface area contributed by atoms with Crippen LogP contribution in [-0.4, -0.2) is 48.4 Å². The molecule has 1 saturated heterocycles. The van der Waals surface area contributed by atoms with Crippen LogP contribution in [0, 0.1) is 0 Å². The zero-order valence-electron chi connectivity index (χ0n) is 11.5. The van der Waals surface area contributed by atoms with Crippen molar-refractivity contribution < 1.29 is 0 Å². The molecule has 2 aliphatic heterocycles. The van der Waals surface area contributed by atoms with Gasteiger partial charge in [0.15, 0.2) is 0 Å².